The second-order valence-electron chi connectivity index (χ2n) is 10.0. The van der Waals surface area contributed by atoms with Crippen LogP contribution in [0.2, 0.25) is 0 Å². The van der Waals surface area contributed by atoms with E-state index in [0.717, 1.165) is 24.0 Å². The van der Waals surface area contributed by atoms with Crippen molar-refractivity contribution in [2.75, 3.05) is 23.7 Å². The standard InChI is InChI=1S/C30H32N4O5/c1-19(35)33-17-3-5-25(33)29(37)31-23-11-7-21(8-12-23)27-15-16-28(39-27)22-9-13-24(14-10-22)32-30(38)26-6-4-18-34(26)20(2)36/h7-16,25-26H,3-6,17-18H2,1-2H3,(H,31,37)(H,32,38). The van der Waals surface area contributed by atoms with Crippen molar-refractivity contribution in [1.29, 1.82) is 0 Å². The molecule has 202 valence electrons. The van der Waals surface area contributed by atoms with Crippen LogP contribution in [0.25, 0.3) is 22.6 Å². The topological polar surface area (TPSA) is 112 Å². The van der Waals surface area contributed by atoms with E-state index in [4.69, 9.17) is 4.42 Å². The summed E-state index contributed by atoms with van der Waals surface area (Å²) >= 11 is 0. The van der Waals surface area contributed by atoms with Gasteiger partial charge in [-0.15, -0.1) is 0 Å². The van der Waals surface area contributed by atoms with Gasteiger partial charge in [-0.1, -0.05) is 0 Å². The van der Waals surface area contributed by atoms with Gasteiger partial charge >= 0.3 is 0 Å². The average Bonchev–Trinajstić information content (AvgIpc) is 3.70. The normalized spacial score (nSPS) is 18.7. The fourth-order valence-electron chi connectivity index (χ4n) is 5.37. The second kappa shape index (κ2) is 11.1. The van der Waals surface area contributed by atoms with Gasteiger partial charge in [0.2, 0.25) is 23.6 Å². The number of anilines is 2. The van der Waals surface area contributed by atoms with Crippen LogP contribution in [0.5, 0.6) is 0 Å². The van der Waals surface area contributed by atoms with Gasteiger partial charge in [-0.2, -0.15) is 0 Å². The maximum Gasteiger partial charge on any atom is 0.247 e. The average molecular weight is 529 g/mol. The molecule has 39 heavy (non-hydrogen) atoms. The lowest BCUT2D eigenvalue weighted by molar-refractivity contribution is -0.134. The number of nitrogens with zero attached hydrogens (tertiary/aromatic N) is 2. The minimum absolute atomic E-state index is 0.0823. The third-order valence-electron chi connectivity index (χ3n) is 7.40. The van der Waals surface area contributed by atoms with E-state index in [1.54, 1.807) is 9.80 Å². The summed E-state index contributed by atoms with van der Waals surface area (Å²) in [4.78, 5) is 52.1. The molecule has 2 unspecified atom stereocenters. The Morgan fingerprint density at radius 3 is 1.38 bits per heavy atom. The van der Waals surface area contributed by atoms with E-state index in [9.17, 15) is 19.2 Å². The van der Waals surface area contributed by atoms with Crippen LogP contribution in [0.1, 0.15) is 39.5 Å². The Hall–Kier alpha value is -4.40. The molecule has 9 nitrogen and oxygen atoms in total. The molecule has 1 aromatic heterocycles. The van der Waals surface area contributed by atoms with E-state index >= 15 is 0 Å². The van der Waals surface area contributed by atoms with Gasteiger partial charge in [0.25, 0.3) is 0 Å². The first-order chi connectivity index (χ1) is 18.8. The lowest BCUT2D eigenvalue weighted by Crippen LogP contribution is -2.42. The molecular weight excluding hydrogens is 496 g/mol. The molecule has 4 amide bonds. The fourth-order valence-corrected chi connectivity index (χ4v) is 5.37. The number of furan rings is 1. The predicted molar refractivity (Wildman–Crippen MR) is 148 cm³/mol. The summed E-state index contributed by atoms with van der Waals surface area (Å²) < 4.78 is 6.08. The number of benzene rings is 2. The second-order valence-corrected chi connectivity index (χ2v) is 10.0. The Morgan fingerprint density at radius 1 is 0.641 bits per heavy atom. The Bertz CT molecular complexity index is 1280. The molecule has 3 heterocycles. The first-order valence-corrected chi connectivity index (χ1v) is 13.3. The summed E-state index contributed by atoms with van der Waals surface area (Å²) in [6.07, 6.45) is 3.00. The Kier molecular flexibility index (Phi) is 7.49. The summed E-state index contributed by atoms with van der Waals surface area (Å²) in [6.45, 7) is 4.21. The first-order valence-electron chi connectivity index (χ1n) is 13.3. The van der Waals surface area contributed by atoms with Crippen LogP contribution in [0.15, 0.2) is 65.1 Å². The number of likely N-dealkylation sites (tertiary alicyclic amines) is 2. The van der Waals surface area contributed by atoms with Crippen LogP contribution in [0.4, 0.5) is 11.4 Å². The summed E-state index contributed by atoms with van der Waals surface area (Å²) in [6, 6.07) is 17.7. The van der Waals surface area contributed by atoms with Gasteiger partial charge in [-0.25, -0.2) is 0 Å². The Labute approximate surface area is 227 Å². The third-order valence-corrected chi connectivity index (χ3v) is 7.40. The largest absolute Gasteiger partial charge is 0.456 e. The zero-order valence-electron chi connectivity index (χ0n) is 22.1. The maximum absolute atomic E-state index is 12.7. The van der Waals surface area contributed by atoms with Crippen LogP contribution in [0.3, 0.4) is 0 Å². The molecule has 0 radical (unpaired) electrons. The molecule has 2 atom stereocenters. The van der Waals surface area contributed by atoms with Gasteiger partial charge in [-0.3, -0.25) is 19.2 Å². The summed E-state index contributed by atoms with van der Waals surface area (Å²) in [7, 11) is 0. The van der Waals surface area contributed by atoms with Gasteiger partial charge in [-0.05, 0) is 86.3 Å². The van der Waals surface area contributed by atoms with E-state index in [2.05, 4.69) is 10.6 Å². The summed E-state index contributed by atoms with van der Waals surface area (Å²) in [5, 5.41) is 5.82. The lowest BCUT2D eigenvalue weighted by Gasteiger charge is -2.22. The number of hydrogen-bond acceptors (Lipinski definition) is 5. The minimum Gasteiger partial charge on any atom is -0.456 e. The van der Waals surface area contributed by atoms with Crippen molar-refractivity contribution in [2.45, 2.75) is 51.6 Å². The van der Waals surface area contributed by atoms with Crippen molar-refractivity contribution in [1.82, 2.24) is 9.80 Å². The zero-order chi connectivity index (χ0) is 27.5. The molecule has 5 rings (SSSR count). The predicted octanol–water partition coefficient (Wildman–Crippen LogP) is 4.51. The maximum atomic E-state index is 12.7. The zero-order valence-corrected chi connectivity index (χ0v) is 22.1. The molecule has 3 aromatic rings. The van der Waals surface area contributed by atoms with Crippen LogP contribution >= 0.6 is 0 Å². The molecule has 2 aliphatic rings. The lowest BCUT2D eigenvalue weighted by atomic mass is 10.1. The van der Waals surface area contributed by atoms with E-state index in [0.29, 0.717) is 48.8 Å². The highest BCUT2D eigenvalue weighted by Gasteiger charge is 2.33. The summed E-state index contributed by atoms with van der Waals surface area (Å²) in [5.74, 6) is 0.862. The number of rotatable bonds is 6. The molecular formula is C30H32N4O5. The molecule has 0 spiro atoms. The van der Waals surface area contributed by atoms with Crippen LogP contribution in [0, 0.1) is 0 Å². The molecule has 9 heteroatoms. The SMILES string of the molecule is CC(=O)N1CCCC1C(=O)Nc1ccc(-c2ccc(-c3ccc(NC(=O)C4CCCN4C(C)=O)cc3)o2)cc1. The van der Waals surface area contributed by atoms with Gasteiger partial charge in [0.1, 0.15) is 23.6 Å². The number of hydrogen-bond donors (Lipinski definition) is 2. The monoisotopic (exact) mass is 528 g/mol. The van der Waals surface area contributed by atoms with E-state index in [1.165, 1.54) is 13.8 Å². The van der Waals surface area contributed by atoms with Gasteiger partial charge in [0, 0.05) is 49.4 Å². The van der Waals surface area contributed by atoms with E-state index < -0.39 is 12.1 Å². The van der Waals surface area contributed by atoms with E-state index in [-0.39, 0.29) is 23.6 Å². The van der Waals surface area contributed by atoms with Gasteiger partial charge in [0.15, 0.2) is 0 Å². The van der Waals surface area contributed by atoms with Crippen LogP contribution in [-0.2, 0) is 19.2 Å². The molecule has 0 saturated carbocycles. The number of amides is 4. The Balaban J connectivity index is 1.20. The molecule has 2 aromatic carbocycles. The molecule has 0 bridgehead atoms. The number of carbonyl (C=O) groups excluding carboxylic acids is 4. The molecule has 2 fully saturated rings. The number of nitrogens with one attached hydrogen (secondary N) is 2. The summed E-state index contributed by atoms with van der Waals surface area (Å²) in [5.41, 5.74) is 3.04. The van der Waals surface area contributed by atoms with Crippen molar-refractivity contribution >= 4 is 35.0 Å². The molecule has 2 saturated heterocycles. The van der Waals surface area contributed by atoms with Crippen molar-refractivity contribution in [3.63, 3.8) is 0 Å². The van der Waals surface area contributed by atoms with Gasteiger partial charge < -0.3 is 24.9 Å². The van der Waals surface area contributed by atoms with E-state index in [1.807, 2.05) is 60.7 Å². The molecule has 2 aliphatic heterocycles. The highest BCUT2D eigenvalue weighted by molar-refractivity contribution is 5.98. The highest BCUT2D eigenvalue weighted by Crippen LogP contribution is 2.30. The minimum atomic E-state index is -0.424. The quantitative estimate of drug-likeness (QED) is 0.489. The van der Waals surface area contributed by atoms with Gasteiger partial charge in [0.05, 0.1) is 0 Å². The van der Waals surface area contributed by atoms with Crippen molar-refractivity contribution < 1.29 is 23.6 Å². The first kappa shape index (κ1) is 26.2. The van der Waals surface area contributed by atoms with Crippen molar-refractivity contribution in [3.8, 4) is 22.6 Å². The van der Waals surface area contributed by atoms with Crippen LogP contribution < -0.4 is 10.6 Å². The molecule has 2 N–H and O–H groups in total. The smallest absolute Gasteiger partial charge is 0.247 e. The number of carbonyl (C=O) groups is 4. The third kappa shape index (κ3) is 5.72. The van der Waals surface area contributed by atoms with Crippen LogP contribution in [-0.4, -0.2) is 58.6 Å². The van der Waals surface area contributed by atoms with Crippen molar-refractivity contribution in [3.05, 3.63) is 60.7 Å². The Morgan fingerprint density at radius 2 is 1.03 bits per heavy atom. The molecule has 0 aliphatic carbocycles. The highest BCUT2D eigenvalue weighted by atomic mass is 16.3. The van der Waals surface area contributed by atoms with Crippen molar-refractivity contribution in [2.24, 2.45) is 0 Å². The fraction of sp³-hybridized carbons (Fsp3) is 0.333.